The molecule has 0 amide bonds. The van der Waals surface area contributed by atoms with Gasteiger partial charge in [-0.2, -0.15) is 0 Å². The Morgan fingerprint density at radius 1 is 0.739 bits per heavy atom. The molecule has 2 aromatic carbocycles. The molecule has 0 unspecified atom stereocenters. The summed E-state index contributed by atoms with van der Waals surface area (Å²) in [6.07, 6.45) is 1.74. The van der Waals surface area contributed by atoms with Crippen molar-refractivity contribution in [3.63, 3.8) is 0 Å². The maximum atomic E-state index is 4.63. The zero-order chi connectivity index (χ0) is 15.5. The summed E-state index contributed by atoms with van der Waals surface area (Å²) in [6.45, 7) is 0. The minimum atomic E-state index is 0.582. The molecule has 2 heterocycles. The Labute approximate surface area is 133 Å². The van der Waals surface area contributed by atoms with Gasteiger partial charge >= 0.3 is 5.82 Å². The van der Waals surface area contributed by atoms with Crippen LogP contribution in [-0.2, 0) is 0 Å². The average molecular weight is 300 g/mol. The minimum absolute atomic E-state index is 0.582. The molecule has 0 radical (unpaired) electrons. The fraction of sp³-hybridized carbons (Fsp3) is 0. The highest BCUT2D eigenvalue weighted by molar-refractivity contribution is 5.46. The van der Waals surface area contributed by atoms with Crippen LogP contribution in [0.25, 0.3) is 22.9 Å². The van der Waals surface area contributed by atoms with Gasteiger partial charge in [0.25, 0.3) is 0 Å². The monoisotopic (exact) mass is 300 g/mol. The van der Waals surface area contributed by atoms with Crippen molar-refractivity contribution in [2.45, 2.75) is 0 Å². The van der Waals surface area contributed by atoms with Gasteiger partial charge in [-0.15, -0.1) is 0 Å². The normalized spacial score (nSPS) is 10.6. The number of tetrazole rings is 1. The molecule has 0 atom stereocenters. The molecule has 0 saturated heterocycles. The van der Waals surface area contributed by atoms with Crippen molar-refractivity contribution < 1.29 is 4.80 Å². The highest BCUT2D eigenvalue weighted by atomic mass is 15.7. The third-order valence-electron chi connectivity index (χ3n) is 3.43. The number of hydrogen-bond donors (Lipinski definition) is 0. The van der Waals surface area contributed by atoms with E-state index in [1.165, 1.54) is 0 Å². The van der Waals surface area contributed by atoms with Crippen LogP contribution >= 0.6 is 0 Å². The molecule has 0 N–H and O–H groups in total. The topological polar surface area (TPSA) is 47.5 Å². The SMILES string of the molecule is c1ccc(-n2nc(-c3ccccn3)n[n+]2-c2ccccc2)cc1. The number of benzene rings is 2. The summed E-state index contributed by atoms with van der Waals surface area (Å²) in [5, 5.41) is 9.27. The molecule has 4 rings (SSSR count). The largest absolute Gasteiger partial charge is 0.358 e. The molecule has 0 fully saturated rings. The molecule has 2 aromatic heterocycles. The van der Waals surface area contributed by atoms with E-state index >= 15 is 0 Å². The van der Waals surface area contributed by atoms with Crippen molar-refractivity contribution in [2.24, 2.45) is 0 Å². The Morgan fingerprint density at radius 2 is 1.43 bits per heavy atom. The summed E-state index contributed by atoms with van der Waals surface area (Å²) < 4.78 is 0. The lowest BCUT2D eigenvalue weighted by Gasteiger charge is -1.98. The Balaban J connectivity index is 1.91. The van der Waals surface area contributed by atoms with Crippen LogP contribution in [0.15, 0.2) is 85.1 Å². The Kier molecular flexibility index (Phi) is 3.37. The van der Waals surface area contributed by atoms with Gasteiger partial charge in [-0.25, -0.2) is 0 Å². The molecule has 0 aliphatic carbocycles. The molecule has 0 aliphatic heterocycles. The van der Waals surface area contributed by atoms with Gasteiger partial charge in [-0.1, -0.05) is 42.5 Å². The third kappa shape index (κ3) is 2.60. The Hall–Kier alpha value is -3.34. The van der Waals surface area contributed by atoms with E-state index in [4.69, 9.17) is 0 Å². The molecule has 0 aliphatic rings. The van der Waals surface area contributed by atoms with Gasteiger partial charge in [0.05, 0.1) is 5.10 Å². The van der Waals surface area contributed by atoms with Crippen molar-refractivity contribution in [2.75, 3.05) is 0 Å². The first-order valence-corrected chi connectivity index (χ1v) is 7.34. The van der Waals surface area contributed by atoms with Crippen LogP contribution in [0.4, 0.5) is 0 Å². The van der Waals surface area contributed by atoms with E-state index in [1.54, 1.807) is 15.8 Å². The number of para-hydroxylation sites is 2. The van der Waals surface area contributed by atoms with Gasteiger partial charge in [0.15, 0.2) is 5.69 Å². The van der Waals surface area contributed by atoms with Crippen molar-refractivity contribution >= 4 is 0 Å². The maximum absolute atomic E-state index is 4.63. The molecule has 0 saturated carbocycles. The lowest BCUT2D eigenvalue weighted by atomic mass is 10.3. The number of aromatic nitrogens is 5. The molecule has 23 heavy (non-hydrogen) atoms. The van der Waals surface area contributed by atoms with Crippen molar-refractivity contribution in [1.82, 2.24) is 20.0 Å². The predicted octanol–water partition coefficient (Wildman–Crippen LogP) is 2.61. The van der Waals surface area contributed by atoms with Gasteiger partial charge in [0.1, 0.15) is 11.4 Å². The van der Waals surface area contributed by atoms with E-state index < -0.39 is 0 Å². The minimum Gasteiger partial charge on any atom is -0.250 e. The number of rotatable bonds is 3. The highest BCUT2D eigenvalue weighted by Crippen LogP contribution is 2.12. The summed E-state index contributed by atoms with van der Waals surface area (Å²) in [5.41, 5.74) is 2.61. The fourth-order valence-corrected chi connectivity index (χ4v) is 2.34. The van der Waals surface area contributed by atoms with Crippen molar-refractivity contribution in [3.05, 3.63) is 85.1 Å². The van der Waals surface area contributed by atoms with Crippen LogP contribution in [0.3, 0.4) is 0 Å². The van der Waals surface area contributed by atoms with Crippen LogP contribution in [0.5, 0.6) is 0 Å². The zero-order valence-electron chi connectivity index (χ0n) is 12.3. The quantitative estimate of drug-likeness (QED) is 0.546. The summed E-state index contributed by atoms with van der Waals surface area (Å²) in [7, 11) is 0. The smallest absolute Gasteiger partial charge is 0.250 e. The second-order valence-corrected chi connectivity index (χ2v) is 4.99. The maximum Gasteiger partial charge on any atom is 0.358 e. The van der Waals surface area contributed by atoms with E-state index in [0.29, 0.717) is 5.82 Å². The van der Waals surface area contributed by atoms with Gasteiger partial charge in [-0.05, 0) is 46.3 Å². The number of nitrogens with zero attached hydrogens (tertiary/aromatic N) is 5. The fourth-order valence-electron chi connectivity index (χ4n) is 2.34. The van der Waals surface area contributed by atoms with E-state index in [1.807, 2.05) is 78.9 Å². The van der Waals surface area contributed by atoms with Gasteiger partial charge in [-0.3, -0.25) is 4.98 Å². The van der Waals surface area contributed by atoms with Crippen LogP contribution in [0, 0.1) is 0 Å². The van der Waals surface area contributed by atoms with E-state index in [-0.39, 0.29) is 0 Å². The molecule has 5 nitrogen and oxygen atoms in total. The average Bonchev–Trinajstić information content (AvgIpc) is 3.09. The van der Waals surface area contributed by atoms with Crippen molar-refractivity contribution in [1.29, 1.82) is 0 Å². The first-order valence-electron chi connectivity index (χ1n) is 7.34. The lowest BCUT2D eigenvalue weighted by molar-refractivity contribution is -0.734. The standard InChI is InChI=1S/C18H14N5/c1-3-9-15(10-4-1)22-20-18(17-13-7-8-14-19-17)21-23(22)16-11-5-2-6-12-16/h1-14H/q+1. The second-order valence-electron chi connectivity index (χ2n) is 4.99. The van der Waals surface area contributed by atoms with Crippen LogP contribution in [0.1, 0.15) is 0 Å². The molecule has 4 aromatic rings. The molecule has 110 valence electrons. The van der Waals surface area contributed by atoms with Gasteiger partial charge in [0.2, 0.25) is 0 Å². The van der Waals surface area contributed by atoms with Gasteiger partial charge < -0.3 is 0 Å². The summed E-state index contributed by atoms with van der Waals surface area (Å²) >= 11 is 0. The van der Waals surface area contributed by atoms with Crippen LogP contribution in [0.2, 0.25) is 0 Å². The predicted molar refractivity (Wildman–Crippen MR) is 86.1 cm³/mol. The summed E-state index contributed by atoms with van der Waals surface area (Å²) in [5.74, 6) is 0.582. The first-order chi connectivity index (χ1) is 11.4. The van der Waals surface area contributed by atoms with E-state index in [9.17, 15) is 0 Å². The van der Waals surface area contributed by atoms with Crippen molar-refractivity contribution in [3.8, 4) is 22.9 Å². The lowest BCUT2D eigenvalue weighted by Crippen LogP contribution is -2.43. The molecule has 5 heteroatoms. The Bertz CT molecular complexity index is 845. The highest BCUT2D eigenvalue weighted by Gasteiger charge is 2.23. The van der Waals surface area contributed by atoms with E-state index in [2.05, 4.69) is 15.2 Å². The third-order valence-corrected chi connectivity index (χ3v) is 3.43. The van der Waals surface area contributed by atoms with Gasteiger partial charge in [0, 0.05) is 11.0 Å². The molecule has 0 bridgehead atoms. The number of pyridine rings is 1. The summed E-state index contributed by atoms with van der Waals surface area (Å²) in [4.78, 5) is 7.89. The van der Waals surface area contributed by atoms with E-state index in [0.717, 1.165) is 17.1 Å². The molecular formula is C18H14N5+. The zero-order valence-corrected chi connectivity index (χ0v) is 12.3. The van der Waals surface area contributed by atoms with Crippen LogP contribution in [-0.4, -0.2) is 20.0 Å². The molecular weight excluding hydrogens is 286 g/mol. The summed E-state index contributed by atoms with van der Waals surface area (Å²) in [6, 6.07) is 25.6. The number of hydrogen-bond acceptors (Lipinski definition) is 3. The Morgan fingerprint density at radius 3 is 2.13 bits per heavy atom. The second kappa shape index (κ2) is 5.81. The first kappa shape index (κ1) is 13.3. The molecule has 0 spiro atoms. The van der Waals surface area contributed by atoms with Crippen LogP contribution < -0.4 is 4.80 Å².